The second-order valence-corrected chi connectivity index (χ2v) is 9.09. The average molecular weight is 444 g/mol. The SMILES string of the molecule is O=C(c1cccs1)c1c[nH]c2ccc(C(=O)N3CCN(CCc4ccccc4)CC3)cc12. The van der Waals surface area contributed by atoms with Crippen LogP contribution in [0.3, 0.4) is 0 Å². The number of hydrogen-bond acceptors (Lipinski definition) is 4. The van der Waals surface area contributed by atoms with E-state index < -0.39 is 0 Å². The van der Waals surface area contributed by atoms with Crippen molar-refractivity contribution in [1.29, 1.82) is 0 Å². The van der Waals surface area contributed by atoms with E-state index in [1.54, 1.807) is 6.20 Å². The summed E-state index contributed by atoms with van der Waals surface area (Å²) in [5, 5.41) is 2.70. The van der Waals surface area contributed by atoms with Gasteiger partial charge in [0.15, 0.2) is 0 Å². The Balaban J connectivity index is 1.25. The number of aromatic nitrogens is 1. The average Bonchev–Trinajstić information content (AvgIpc) is 3.53. The van der Waals surface area contributed by atoms with Gasteiger partial charge in [0, 0.05) is 61.0 Å². The van der Waals surface area contributed by atoms with Crippen LogP contribution < -0.4 is 0 Å². The third kappa shape index (κ3) is 4.24. The van der Waals surface area contributed by atoms with Gasteiger partial charge in [0.2, 0.25) is 5.78 Å². The van der Waals surface area contributed by atoms with Crippen molar-refractivity contribution in [2.45, 2.75) is 6.42 Å². The highest BCUT2D eigenvalue weighted by Gasteiger charge is 2.23. The van der Waals surface area contributed by atoms with Crippen molar-refractivity contribution in [3.8, 4) is 0 Å². The van der Waals surface area contributed by atoms with E-state index in [1.807, 2.05) is 46.7 Å². The highest BCUT2D eigenvalue weighted by Crippen LogP contribution is 2.25. The summed E-state index contributed by atoms with van der Waals surface area (Å²) in [6, 6.07) is 19.8. The molecule has 6 heteroatoms. The van der Waals surface area contributed by atoms with Gasteiger partial charge in [-0.3, -0.25) is 14.5 Å². The van der Waals surface area contributed by atoms with Crippen LogP contribution in [-0.2, 0) is 6.42 Å². The van der Waals surface area contributed by atoms with E-state index in [2.05, 4.69) is 34.1 Å². The molecule has 32 heavy (non-hydrogen) atoms. The molecule has 1 aliphatic heterocycles. The highest BCUT2D eigenvalue weighted by atomic mass is 32.1. The number of H-pyrrole nitrogens is 1. The summed E-state index contributed by atoms with van der Waals surface area (Å²) in [4.78, 5) is 34.2. The molecule has 0 atom stereocenters. The van der Waals surface area contributed by atoms with Crippen molar-refractivity contribution in [2.75, 3.05) is 32.7 Å². The van der Waals surface area contributed by atoms with Crippen LogP contribution >= 0.6 is 11.3 Å². The molecule has 0 bridgehead atoms. The van der Waals surface area contributed by atoms with Crippen LogP contribution in [0.25, 0.3) is 10.9 Å². The van der Waals surface area contributed by atoms with E-state index in [9.17, 15) is 9.59 Å². The van der Waals surface area contributed by atoms with E-state index in [-0.39, 0.29) is 11.7 Å². The number of aromatic amines is 1. The number of fused-ring (bicyclic) bond motifs is 1. The van der Waals surface area contributed by atoms with Crippen LogP contribution in [0, 0.1) is 0 Å². The summed E-state index contributed by atoms with van der Waals surface area (Å²) in [5.41, 5.74) is 3.46. The lowest BCUT2D eigenvalue weighted by Crippen LogP contribution is -2.49. The Hall–Kier alpha value is -3.22. The number of nitrogens with one attached hydrogen (secondary N) is 1. The lowest BCUT2D eigenvalue weighted by atomic mass is 10.0. The summed E-state index contributed by atoms with van der Waals surface area (Å²) < 4.78 is 0. The quantitative estimate of drug-likeness (QED) is 0.448. The molecule has 162 valence electrons. The summed E-state index contributed by atoms with van der Waals surface area (Å²) in [5.74, 6) is 0.0215. The minimum absolute atomic E-state index is 0.0112. The van der Waals surface area contributed by atoms with E-state index in [4.69, 9.17) is 0 Å². The van der Waals surface area contributed by atoms with Gasteiger partial charge >= 0.3 is 0 Å². The molecule has 0 aliphatic carbocycles. The summed E-state index contributed by atoms with van der Waals surface area (Å²) in [6.45, 7) is 4.22. The Morgan fingerprint density at radius 3 is 2.50 bits per heavy atom. The Kier molecular flexibility index (Phi) is 5.88. The standard InChI is InChI=1S/C26H25N3O2S/c30-25(24-7-4-16-32-24)22-18-27-23-9-8-20(17-21(22)23)26(31)29-14-12-28(13-15-29)11-10-19-5-2-1-3-6-19/h1-9,16-18,27H,10-15H2. The second kappa shape index (κ2) is 9.10. The normalized spacial score (nSPS) is 14.7. The Morgan fingerprint density at radius 1 is 0.938 bits per heavy atom. The molecular formula is C26H25N3O2S. The molecule has 1 fully saturated rings. The van der Waals surface area contributed by atoms with Gasteiger partial charge in [0.25, 0.3) is 5.91 Å². The number of hydrogen-bond donors (Lipinski definition) is 1. The van der Waals surface area contributed by atoms with Gasteiger partial charge in [-0.05, 0) is 41.6 Å². The van der Waals surface area contributed by atoms with E-state index >= 15 is 0 Å². The van der Waals surface area contributed by atoms with E-state index in [0.29, 0.717) is 16.0 Å². The first-order valence-corrected chi connectivity index (χ1v) is 11.8. The zero-order valence-corrected chi connectivity index (χ0v) is 18.6. The molecule has 3 heterocycles. The van der Waals surface area contributed by atoms with E-state index in [1.165, 1.54) is 16.9 Å². The van der Waals surface area contributed by atoms with Crippen molar-refractivity contribution in [2.24, 2.45) is 0 Å². The van der Waals surface area contributed by atoms with Gasteiger partial charge in [0.1, 0.15) is 0 Å². The first-order chi connectivity index (χ1) is 15.7. The van der Waals surface area contributed by atoms with Crippen LogP contribution in [0.5, 0.6) is 0 Å². The number of ketones is 1. The van der Waals surface area contributed by atoms with Gasteiger partial charge in [-0.25, -0.2) is 0 Å². The lowest BCUT2D eigenvalue weighted by molar-refractivity contribution is 0.0638. The molecule has 5 rings (SSSR count). The predicted octanol–water partition coefficient (Wildman–Crippen LogP) is 4.46. The van der Waals surface area contributed by atoms with Crippen molar-refractivity contribution < 1.29 is 9.59 Å². The fraction of sp³-hybridized carbons (Fsp3) is 0.231. The topological polar surface area (TPSA) is 56.4 Å². The zero-order valence-electron chi connectivity index (χ0n) is 17.8. The first-order valence-electron chi connectivity index (χ1n) is 10.9. The third-order valence-corrected chi connectivity index (χ3v) is 7.01. The second-order valence-electron chi connectivity index (χ2n) is 8.14. The molecule has 1 N–H and O–H groups in total. The Bertz CT molecular complexity index is 1220. The highest BCUT2D eigenvalue weighted by molar-refractivity contribution is 7.12. The van der Waals surface area contributed by atoms with Crippen molar-refractivity contribution in [3.63, 3.8) is 0 Å². The maximum atomic E-state index is 13.2. The molecule has 0 spiro atoms. The molecule has 0 radical (unpaired) electrons. The number of amides is 1. The van der Waals surface area contributed by atoms with Crippen molar-refractivity contribution in [3.05, 3.63) is 93.8 Å². The minimum Gasteiger partial charge on any atom is -0.360 e. The van der Waals surface area contributed by atoms with Crippen LogP contribution in [0.2, 0.25) is 0 Å². The molecule has 1 saturated heterocycles. The van der Waals surface area contributed by atoms with Gasteiger partial charge in [-0.15, -0.1) is 11.3 Å². The Labute approximate surface area is 191 Å². The molecule has 1 amide bonds. The number of rotatable bonds is 6. The maximum Gasteiger partial charge on any atom is 0.253 e. The molecular weight excluding hydrogens is 418 g/mol. The number of carbonyl (C=O) groups is 2. The molecule has 5 nitrogen and oxygen atoms in total. The Morgan fingerprint density at radius 2 is 1.75 bits per heavy atom. The largest absolute Gasteiger partial charge is 0.360 e. The van der Waals surface area contributed by atoms with Gasteiger partial charge in [0.05, 0.1) is 4.88 Å². The van der Waals surface area contributed by atoms with Crippen LogP contribution in [0.1, 0.15) is 31.2 Å². The number of thiophene rings is 1. The smallest absolute Gasteiger partial charge is 0.253 e. The monoisotopic (exact) mass is 443 g/mol. The van der Waals surface area contributed by atoms with Gasteiger partial charge in [-0.1, -0.05) is 36.4 Å². The lowest BCUT2D eigenvalue weighted by Gasteiger charge is -2.34. The molecule has 2 aromatic carbocycles. The van der Waals surface area contributed by atoms with Crippen molar-refractivity contribution >= 4 is 33.9 Å². The fourth-order valence-corrected chi connectivity index (χ4v) is 4.95. The fourth-order valence-electron chi connectivity index (χ4n) is 4.27. The summed E-state index contributed by atoms with van der Waals surface area (Å²) >= 11 is 1.43. The van der Waals surface area contributed by atoms with E-state index in [0.717, 1.165) is 50.0 Å². The molecule has 2 aromatic heterocycles. The minimum atomic E-state index is -0.0112. The van der Waals surface area contributed by atoms with Crippen molar-refractivity contribution in [1.82, 2.24) is 14.8 Å². The number of benzene rings is 2. The molecule has 4 aromatic rings. The third-order valence-electron chi connectivity index (χ3n) is 6.14. The number of carbonyl (C=O) groups excluding carboxylic acids is 2. The number of nitrogens with zero attached hydrogens (tertiary/aromatic N) is 2. The molecule has 0 unspecified atom stereocenters. The molecule has 0 saturated carbocycles. The zero-order chi connectivity index (χ0) is 21.9. The summed E-state index contributed by atoms with van der Waals surface area (Å²) in [7, 11) is 0. The summed E-state index contributed by atoms with van der Waals surface area (Å²) in [6.07, 6.45) is 2.77. The van der Waals surface area contributed by atoms with Gasteiger partial charge < -0.3 is 9.88 Å². The first kappa shape index (κ1) is 20.7. The van der Waals surface area contributed by atoms with Crippen LogP contribution in [-0.4, -0.2) is 59.2 Å². The van der Waals surface area contributed by atoms with Crippen LogP contribution in [0.4, 0.5) is 0 Å². The molecule has 1 aliphatic rings. The van der Waals surface area contributed by atoms with Gasteiger partial charge in [-0.2, -0.15) is 0 Å². The predicted molar refractivity (Wildman–Crippen MR) is 129 cm³/mol. The van der Waals surface area contributed by atoms with Crippen LogP contribution in [0.15, 0.2) is 72.2 Å². The maximum absolute atomic E-state index is 13.2. The number of piperazine rings is 1.